The number of aliphatic hydroxyl groups excluding tert-OH is 1. The van der Waals surface area contributed by atoms with Crippen LogP contribution in [0, 0.1) is 0 Å². The van der Waals surface area contributed by atoms with Gasteiger partial charge in [0, 0.05) is 39.8 Å². The summed E-state index contributed by atoms with van der Waals surface area (Å²) in [5, 5.41) is 12.7. The summed E-state index contributed by atoms with van der Waals surface area (Å²) >= 11 is 0. The van der Waals surface area contributed by atoms with Gasteiger partial charge in [0.15, 0.2) is 0 Å². The van der Waals surface area contributed by atoms with Gasteiger partial charge in [0.2, 0.25) is 0 Å². The van der Waals surface area contributed by atoms with Crippen LogP contribution in [0.15, 0.2) is 0 Å². The van der Waals surface area contributed by atoms with Crippen molar-refractivity contribution in [3.8, 4) is 0 Å². The van der Waals surface area contributed by atoms with Gasteiger partial charge in [-0.25, -0.2) is 0 Å². The van der Waals surface area contributed by atoms with Crippen molar-refractivity contribution in [1.29, 1.82) is 0 Å². The van der Waals surface area contributed by atoms with Gasteiger partial charge in [-0.15, -0.1) is 0 Å². The molecule has 0 radical (unpaired) electrons. The Kier molecular flexibility index (Phi) is 6.23. The van der Waals surface area contributed by atoms with Crippen LogP contribution in [0.1, 0.15) is 13.3 Å². The number of rotatable bonds is 8. The first-order valence-corrected chi connectivity index (χ1v) is 5.82. The first-order valence-electron chi connectivity index (χ1n) is 5.82. The lowest BCUT2D eigenvalue weighted by Gasteiger charge is -2.26. The molecule has 0 spiro atoms. The molecule has 2 N–H and O–H groups in total. The minimum Gasteiger partial charge on any atom is -0.389 e. The van der Waals surface area contributed by atoms with Gasteiger partial charge in [-0.3, -0.25) is 0 Å². The van der Waals surface area contributed by atoms with Crippen LogP contribution in [0.5, 0.6) is 0 Å². The Morgan fingerprint density at radius 3 is 2.94 bits per heavy atom. The standard InChI is InChI=1S/C11H23NO4/c1-3-15-7-10(13)6-12-8-11(14-2)4-5-16-9-11/h10,12-13H,3-9H2,1-2H3. The van der Waals surface area contributed by atoms with Crippen molar-refractivity contribution in [1.82, 2.24) is 5.32 Å². The van der Waals surface area contributed by atoms with Crippen molar-refractivity contribution >= 4 is 0 Å². The fourth-order valence-corrected chi connectivity index (χ4v) is 1.74. The minimum atomic E-state index is -0.462. The van der Waals surface area contributed by atoms with Gasteiger partial charge in [0.05, 0.1) is 19.3 Å². The van der Waals surface area contributed by atoms with Crippen LogP contribution < -0.4 is 5.32 Å². The van der Waals surface area contributed by atoms with Crippen LogP contribution >= 0.6 is 0 Å². The second-order valence-electron chi connectivity index (χ2n) is 4.13. The topological polar surface area (TPSA) is 60.0 Å². The fourth-order valence-electron chi connectivity index (χ4n) is 1.74. The summed E-state index contributed by atoms with van der Waals surface area (Å²) in [6, 6.07) is 0. The van der Waals surface area contributed by atoms with Crippen molar-refractivity contribution in [2.24, 2.45) is 0 Å². The maximum Gasteiger partial charge on any atom is 0.106 e. The molecular formula is C11H23NO4. The molecule has 0 amide bonds. The highest BCUT2D eigenvalue weighted by Gasteiger charge is 2.34. The maximum atomic E-state index is 9.55. The number of hydrogen-bond donors (Lipinski definition) is 2. The van der Waals surface area contributed by atoms with E-state index in [1.165, 1.54) is 0 Å². The summed E-state index contributed by atoms with van der Waals surface area (Å²) in [5.41, 5.74) is -0.217. The number of aliphatic hydroxyl groups is 1. The highest BCUT2D eigenvalue weighted by molar-refractivity contribution is 4.87. The van der Waals surface area contributed by atoms with Crippen LogP contribution in [0.4, 0.5) is 0 Å². The largest absolute Gasteiger partial charge is 0.389 e. The minimum absolute atomic E-state index is 0.217. The van der Waals surface area contributed by atoms with E-state index in [2.05, 4.69) is 5.32 Å². The third kappa shape index (κ3) is 4.35. The first kappa shape index (κ1) is 13.9. The monoisotopic (exact) mass is 233 g/mol. The van der Waals surface area contributed by atoms with Crippen molar-refractivity contribution < 1.29 is 19.3 Å². The van der Waals surface area contributed by atoms with Crippen LogP contribution in [0.25, 0.3) is 0 Å². The smallest absolute Gasteiger partial charge is 0.106 e. The zero-order valence-corrected chi connectivity index (χ0v) is 10.2. The average Bonchev–Trinajstić information content (AvgIpc) is 2.76. The van der Waals surface area contributed by atoms with Crippen molar-refractivity contribution in [2.75, 3.05) is 46.6 Å². The predicted octanol–water partition coefficient (Wildman–Crippen LogP) is -0.221. The second-order valence-corrected chi connectivity index (χ2v) is 4.13. The van der Waals surface area contributed by atoms with E-state index < -0.39 is 6.10 Å². The predicted molar refractivity (Wildman–Crippen MR) is 60.5 cm³/mol. The van der Waals surface area contributed by atoms with Crippen LogP contribution in [0.2, 0.25) is 0 Å². The Balaban J connectivity index is 2.13. The molecule has 1 heterocycles. The fraction of sp³-hybridized carbons (Fsp3) is 1.00. The van der Waals surface area contributed by atoms with Gasteiger partial charge in [-0.1, -0.05) is 0 Å². The first-order chi connectivity index (χ1) is 7.72. The van der Waals surface area contributed by atoms with Gasteiger partial charge >= 0.3 is 0 Å². The highest BCUT2D eigenvalue weighted by Crippen LogP contribution is 2.21. The average molecular weight is 233 g/mol. The van der Waals surface area contributed by atoms with E-state index in [1.54, 1.807) is 7.11 Å². The normalized spacial score (nSPS) is 27.2. The van der Waals surface area contributed by atoms with E-state index >= 15 is 0 Å². The van der Waals surface area contributed by atoms with Crippen molar-refractivity contribution in [2.45, 2.75) is 25.0 Å². The summed E-state index contributed by atoms with van der Waals surface area (Å²) < 4.78 is 15.9. The molecule has 0 aromatic heterocycles. The molecule has 5 nitrogen and oxygen atoms in total. The molecule has 96 valence electrons. The lowest BCUT2D eigenvalue weighted by atomic mass is 10.0. The Bertz CT molecular complexity index is 183. The van der Waals surface area contributed by atoms with E-state index in [-0.39, 0.29) is 5.60 Å². The third-order valence-electron chi connectivity index (χ3n) is 2.84. The van der Waals surface area contributed by atoms with Crippen LogP contribution in [-0.2, 0) is 14.2 Å². The maximum absolute atomic E-state index is 9.55. The Labute approximate surface area is 97.1 Å². The Morgan fingerprint density at radius 1 is 1.56 bits per heavy atom. The molecule has 16 heavy (non-hydrogen) atoms. The van der Waals surface area contributed by atoms with Crippen LogP contribution in [0.3, 0.4) is 0 Å². The molecule has 1 saturated heterocycles. The van der Waals surface area contributed by atoms with Gasteiger partial charge in [0.25, 0.3) is 0 Å². The second kappa shape index (κ2) is 7.19. The molecule has 0 saturated carbocycles. The Morgan fingerprint density at radius 2 is 2.38 bits per heavy atom. The molecule has 0 aromatic rings. The zero-order valence-electron chi connectivity index (χ0n) is 10.2. The van der Waals surface area contributed by atoms with Crippen LogP contribution in [-0.4, -0.2) is 63.4 Å². The molecule has 1 aliphatic heterocycles. The van der Waals surface area contributed by atoms with Gasteiger partial charge in [0.1, 0.15) is 5.60 Å². The quantitative estimate of drug-likeness (QED) is 0.607. The SMILES string of the molecule is CCOCC(O)CNCC1(OC)CCOC1. The van der Waals surface area contributed by atoms with Crippen molar-refractivity contribution in [3.63, 3.8) is 0 Å². The number of ether oxygens (including phenoxy) is 3. The molecule has 5 heteroatoms. The number of methoxy groups -OCH3 is 1. The molecular weight excluding hydrogens is 210 g/mol. The van der Waals surface area contributed by atoms with E-state index in [1.807, 2.05) is 6.92 Å². The lowest BCUT2D eigenvalue weighted by molar-refractivity contribution is -0.0196. The third-order valence-corrected chi connectivity index (χ3v) is 2.84. The summed E-state index contributed by atoms with van der Waals surface area (Å²) in [6.07, 6.45) is 0.439. The summed E-state index contributed by atoms with van der Waals surface area (Å²) in [7, 11) is 1.70. The van der Waals surface area contributed by atoms with Gasteiger partial charge in [-0.05, 0) is 6.92 Å². The van der Waals surface area contributed by atoms with Gasteiger partial charge in [-0.2, -0.15) is 0 Å². The molecule has 1 fully saturated rings. The van der Waals surface area contributed by atoms with E-state index in [0.29, 0.717) is 32.9 Å². The molecule has 2 atom stereocenters. The molecule has 1 aliphatic rings. The highest BCUT2D eigenvalue weighted by atomic mass is 16.5. The molecule has 0 aromatic carbocycles. The number of nitrogens with one attached hydrogen (secondary N) is 1. The van der Waals surface area contributed by atoms with E-state index in [4.69, 9.17) is 14.2 Å². The summed E-state index contributed by atoms with van der Waals surface area (Å²) in [6.45, 7) is 5.51. The van der Waals surface area contributed by atoms with E-state index in [9.17, 15) is 5.11 Å². The number of hydrogen-bond acceptors (Lipinski definition) is 5. The lowest BCUT2D eigenvalue weighted by Crippen LogP contribution is -2.45. The molecule has 0 bridgehead atoms. The molecule has 2 unspecified atom stereocenters. The van der Waals surface area contributed by atoms with Crippen molar-refractivity contribution in [3.05, 3.63) is 0 Å². The van der Waals surface area contributed by atoms with E-state index in [0.717, 1.165) is 13.0 Å². The molecule has 0 aliphatic carbocycles. The van der Waals surface area contributed by atoms with Gasteiger partial charge < -0.3 is 24.6 Å². The molecule has 1 rings (SSSR count). The summed E-state index contributed by atoms with van der Waals surface area (Å²) in [5.74, 6) is 0. The Hall–Kier alpha value is -0.200. The zero-order chi connectivity index (χ0) is 11.9. The summed E-state index contributed by atoms with van der Waals surface area (Å²) in [4.78, 5) is 0.